The van der Waals surface area contributed by atoms with Gasteiger partial charge in [-0.1, -0.05) is 140 Å². The smallest absolute Gasteiger partial charge is 0.164 e. The van der Waals surface area contributed by atoms with Crippen LogP contribution < -0.4 is 0 Å². The van der Waals surface area contributed by atoms with Gasteiger partial charge in [0.2, 0.25) is 0 Å². The van der Waals surface area contributed by atoms with Crippen molar-refractivity contribution >= 4 is 32.7 Å². The lowest BCUT2D eigenvalue weighted by Crippen LogP contribution is -2.00. The average molecular weight is 602 g/mol. The van der Waals surface area contributed by atoms with Gasteiger partial charge in [0.05, 0.1) is 0 Å². The third-order valence-electron chi connectivity index (χ3n) is 8.71. The van der Waals surface area contributed by atoms with Gasteiger partial charge in [-0.3, -0.25) is 0 Å². The molecule has 0 atom stereocenters. The van der Waals surface area contributed by atoms with Crippen LogP contribution >= 0.6 is 0 Å². The minimum Gasteiger partial charge on any atom is -0.456 e. The highest BCUT2D eigenvalue weighted by molar-refractivity contribution is 6.13. The van der Waals surface area contributed by atoms with Crippen molar-refractivity contribution in [1.29, 1.82) is 0 Å². The summed E-state index contributed by atoms with van der Waals surface area (Å²) in [7, 11) is 0. The lowest BCUT2D eigenvalue weighted by molar-refractivity contribution is 0.669. The van der Waals surface area contributed by atoms with Crippen LogP contribution in [0.2, 0.25) is 0 Å². The fourth-order valence-electron chi connectivity index (χ4n) is 6.36. The second-order valence-electron chi connectivity index (χ2n) is 11.7. The topological polar surface area (TPSA) is 51.8 Å². The standard InChI is InChI=1S/C43H27N3O/c1-3-12-30(13-4-1)37-26-35(27-39-40(37)36-17-9-10-18-38(36)47-39)43-45-41(31-14-5-2-6-15-31)44-42(46-43)32-22-19-29(20-23-32)34-24-21-28-11-7-8-16-33(28)25-34/h1-27H. The number of hydrogen-bond acceptors (Lipinski definition) is 4. The fraction of sp³-hybridized carbons (Fsp3) is 0. The molecule has 0 unspecified atom stereocenters. The molecule has 2 heterocycles. The number of rotatable bonds is 5. The van der Waals surface area contributed by atoms with Gasteiger partial charge in [-0.05, 0) is 57.3 Å². The molecule has 47 heavy (non-hydrogen) atoms. The quantitative estimate of drug-likeness (QED) is 0.197. The molecule has 0 aliphatic heterocycles. The van der Waals surface area contributed by atoms with E-state index in [0.29, 0.717) is 17.5 Å². The van der Waals surface area contributed by atoms with Crippen LogP contribution in [0, 0.1) is 0 Å². The maximum atomic E-state index is 6.42. The molecule has 0 aliphatic rings. The van der Waals surface area contributed by atoms with Crippen LogP contribution in [0.4, 0.5) is 0 Å². The van der Waals surface area contributed by atoms with Gasteiger partial charge in [-0.2, -0.15) is 0 Å². The number of fused-ring (bicyclic) bond motifs is 4. The molecule has 9 aromatic rings. The molecule has 9 rings (SSSR count). The van der Waals surface area contributed by atoms with Crippen LogP contribution in [-0.2, 0) is 0 Å². The van der Waals surface area contributed by atoms with Crippen molar-refractivity contribution < 1.29 is 4.42 Å². The van der Waals surface area contributed by atoms with E-state index in [1.165, 1.54) is 16.3 Å². The van der Waals surface area contributed by atoms with E-state index in [1.807, 2.05) is 48.5 Å². The number of hydrogen-bond donors (Lipinski definition) is 0. The number of benzene rings is 7. The third kappa shape index (κ3) is 4.93. The Labute approximate surface area is 271 Å². The molecule has 220 valence electrons. The van der Waals surface area contributed by atoms with E-state index in [1.54, 1.807) is 0 Å². The van der Waals surface area contributed by atoms with Crippen LogP contribution in [0.15, 0.2) is 168 Å². The van der Waals surface area contributed by atoms with Gasteiger partial charge in [-0.25, -0.2) is 15.0 Å². The second kappa shape index (κ2) is 11.2. The lowest BCUT2D eigenvalue weighted by atomic mass is 9.97. The monoisotopic (exact) mass is 601 g/mol. The maximum absolute atomic E-state index is 6.42. The van der Waals surface area contributed by atoms with Crippen LogP contribution in [-0.4, -0.2) is 15.0 Å². The van der Waals surface area contributed by atoms with Gasteiger partial charge in [0, 0.05) is 27.5 Å². The van der Waals surface area contributed by atoms with Gasteiger partial charge in [0.1, 0.15) is 11.2 Å². The van der Waals surface area contributed by atoms with E-state index in [9.17, 15) is 0 Å². The van der Waals surface area contributed by atoms with E-state index >= 15 is 0 Å². The summed E-state index contributed by atoms with van der Waals surface area (Å²) in [6, 6.07) is 56.4. The van der Waals surface area contributed by atoms with Crippen LogP contribution in [0.3, 0.4) is 0 Å². The molecule has 0 amide bonds. The summed E-state index contributed by atoms with van der Waals surface area (Å²) in [5.41, 5.74) is 8.85. The minimum absolute atomic E-state index is 0.590. The van der Waals surface area contributed by atoms with Crippen molar-refractivity contribution in [3.63, 3.8) is 0 Å². The Morgan fingerprint density at radius 1 is 0.340 bits per heavy atom. The first kappa shape index (κ1) is 27.0. The number of furan rings is 1. The van der Waals surface area contributed by atoms with Crippen molar-refractivity contribution in [3.05, 3.63) is 164 Å². The summed E-state index contributed by atoms with van der Waals surface area (Å²) < 4.78 is 6.42. The Morgan fingerprint density at radius 2 is 0.894 bits per heavy atom. The van der Waals surface area contributed by atoms with E-state index < -0.39 is 0 Å². The van der Waals surface area contributed by atoms with Crippen LogP contribution in [0.25, 0.3) is 89.1 Å². The first-order valence-electron chi connectivity index (χ1n) is 15.7. The van der Waals surface area contributed by atoms with Gasteiger partial charge < -0.3 is 4.42 Å². The minimum atomic E-state index is 0.590. The molecule has 0 radical (unpaired) electrons. The molecule has 0 aliphatic carbocycles. The van der Waals surface area contributed by atoms with Crippen molar-refractivity contribution in [2.24, 2.45) is 0 Å². The fourth-order valence-corrected chi connectivity index (χ4v) is 6.36. The van der Waals surface area contributed by atoms with Crippen LogP contribution in [0.5, 0.6) is 0 Å². The molecule has 0 saturated heterocycles. The van der Waals surface area contributed by atoms with Gasteiger partial charge >= 0.3 is 0 Å². The Kier molecular flexibility index (Phi) is 6.43. The summed E-state index contributed by atoms with van der Waals surface area (Å²) in [4.78, 5) is 15.1. The van der Waals surface area contributed by atoms with Crippen molar-refractivity contribution in [1.82, 2.24) is 15.0 Å². The van der Waals surface area contributed by atoms with Crippen molar-refractivity contribution in [2.75, 3.05) is 0 Å². The summed E-state index contributed by atoms with van der Waals surface area (Å²) in [6.07, 6.45) is 0. The SMILES string of the molecule is c1ccc(-c2nc(-c3ccc(-c4ccc5ccccc5c4)cc3)nc(-c3cc(-c4ccccc4)c4c(c3)oc3ccccc34)n2)cc1. The highest BCUT2D eigenvalue weighted by atomic mass is 16.3. The number of para-hydroxylation sites is 1. The largest absolute Gasteiger partial charge is 0.456 e. The van der Waals surface area contributed by atoms with Gasteiger partial charge in [0.25, 0.3) is 0 Å². The average Bonchev–Trinajstić information content (AvgIpc) is 3.53. The highest BCUT2D eigenvalue weighted by Gasteiger charge is 2.18. The maximum Gasteiger partial charge on any atom is 0.164 e. The Balaban J connectivity index is 1.21. The van der Waals surface area contributed by atoms with Crippen LogP contribution in [0.1, 0.15) is 0 Å². The summed E-state index contributed by atoms with van der Waals surface area (Å²) in [5, 5.41) is 4.62. The highest BCUT2D eigenvalue weighted by Crippen LogP contribution is 2.40. The Hall–Kier alpha value is -6.39. The molecular weight excluding hydrogens is 574 g/mol. The van der Waals surface area contributed by atoms with Crippen molar-refractivity contribution in [2.45, 2.75) is 0 Å². The molecule has 2 aromatic heterocycles. The normalized spacial score (nSPS) is 11.4. The van der Waals surface area contributed by atoms with E-state index in [2.05, 4.69) is 115 Å². The molecule has 0 saturated carbocycles. The van der Waals surface area contributed by atoms with E-state index in [4.69, 9.17) is 19.4 Å². The van der Waals surface area contributed by atoms with E-state index in [-0.39, 0.29) is 0 Å². The molecule has 4 heteroatoms. The summed E-state index contributed by atoms with van der Waals surface area (Å²) in [6.45, 7) is 0. The summed E-state index contributed by atoms with van der Waals surface area (Å²) >= 11 is 0. The van der Waals surface area contributed by atoms with Crippen molar-refractivity contribution in [3.8, 4) is 56.4 Å². The molecule has 0 spiro atoms. The molecule has 4 nitrogen and oxygen atoms in total. The van der Waals surface area contributed by atoms with Gasteiger partial charge in [0.15, 0.2) is 17.5 Å². The molecule has 0 N–H and O–H groups in total. The number of aromatic nitrogens is 3. The second-order valence-corrected chi connectivity index (χ2v) is 11.7. The Bertz CT molecular complexity index is 2550. The molecular formula is C43H27N3O. The third-order valence-corrected chi connectivity index (χ3v) is 8.71. The molecule has 7 aromatic carbocycles. The first-order chi connectivity index (χ1) is 23.3. The molecule has 0 fully saturated rings. The predicted molar refractivity (Wildman–Crippen MR) is 192 cm³/mol. The van der Waals surface area contributed by atoms with E-state index in [0.717, 1.165) is 55.3 Å². The first-order valence-corrected chi connectivity index (χ1v) is 15.7. The summed E-state index contributed by atoms with van der Waals surface area (Å²) in [5.74, 6) is 1.83. The zero-order valence-electron chi connectivity index (χ0n) is 25.3. The van der Waals surface area contributed by atoms with Gasteiger partial charge in [-0.15, -0.1) is 0 Å². The Morgan fingerprint density at radius 3 is 1.64 bits per heavy atom. The predicted octanol–water partition coefficient (Wildman–Crippen LogP) is 11.3. The zero-order chi connectivity index (χ0) is 31.2. The molecule has 0 bridgehead atoms. The zero-order valence-corrected chi connectivity index (χ0v) is 25.3. The lowest BCUT2D eigenvalue weighted by Gasteiger charge is -2.11. The number of nitrogens with zero attached hydrogens (tertiary/aromatic N) is 3.